The van der Waals surface area contributed by atoms with E-state index >= 15 is 0 Å². The molecule has 1 rings (SSSR count). The molecule has 5 unspecified atom stereocenters. The quantitative estimate of drug-likeness (QED) is 0.0729. The number of hydrogen-bond donors (Lipinski definition) is 7. The van der Waals surface area contributed by atoms with Crippen molar-refractivity contribution in [3.63, 3.8) is 0 Å². The molecule has 0 aliphatic carbocycles. The number of carbonyl (C=O) groups excluding carboxylic acids is 3. The van der Waals surface area contributed by atoms with Crippen molar-refractivity contribution in [1.29, 1.82) is 0 Å². The Hall–Kier alpha value is -2.93. The molecule has 0 aromatic carbocycles. The Bertz CT molecular complexity index is 774. The number of nitrogens with zero attached hydrogens (tertiary/aromatic N) is 2. The van der Waals surface area contributed by atoms with Crippen LogP contribution in [-0.2, 0) is 19.2 Å². The van der Waals surface area contributed by atoms with Gasteiger partial charge < -0.3 is 43.6 Å². The second-order valence-corrected chi connectivity index (χ2v) is 9.30. The number of carboxylic acids is 1. The van der Waals surface area contributed by atoms with E-state index in [1.807, 2.05) is 6.92 Å². The number of unbranched alkanes of at least 4 members (excludes halogenated alkanes) is 1. The highest BCUT2D eigenvalue weighted by molar-refractivity contribution is 5.94. The monoisotopic (exact) mass is 512 g/mol. The van der Waals surface area contributed by atoms with Crippen LogP contribution in [0.5, 0.6) is 0 Å². The zero-order valence-corrected chi connectivity index (χ0v) is 21.4. The van der Waals surface area contributed by atoms with Crippen molar-refractivity contribution >= 4 is 29.7 Å². The number of hydrogen-bond acceptors (Lipinski definition) is 7. The Balaban J connectivity index is 2.94. The smallest absolute Gasteiger partial charge is 0.326 e. The summed E-state index contributed by atoms with van der Waals surface area (Å²) in [5, 5.41) is 14.8. The molecule has 1 fully saturated rings. The fourth-order valence-corrected chi connectivity index (χ4v) is 4.13. The first-order chi connectivity index (χ1) is 17.0. The highest BCUT2D eigenvalue weighted by Gasteiger charge is 2.38. The summed E-state index contributed by atoms with van der Waals surface area (Å²) < 4.78 is 0. The highest BCUT2D eigenvalue weighted by Crippen LogP contribution is 2.20. The van der Waals surface area contributed by atoms with Gasteiger partial charge in [0.05, 0.1) is 6.04 Å². The summed E-state index contributed by atoms with van der Waals surface area (Å²) in [5.41, 5.74) is 22.3. The van der Waals surface area contributed by atoms with Gasteiger partial charge in [0.1, 0.15) is 18.1 Å². The van der Waals surface area contributed by atoms with Crippen LogP contribution in [0.15, 0.2) is 4.99 Å². The van der Waals surface area contributed by atoms with E-state index in [-0.39, 0.29) is 30.8 Å². The summed E-state index contributed by atoms with van der Waals surface area (Å²) in [6.45, 7) is 4.71. The van der Waals surface area contributed by atoms with Crippen molar-refractivity contribution in [3.8, 4) is 0 Å². The molecular formula is C23H44N8O5. The van der Waals surface area contributed by atoms with Crippen LogP contribution in [0.3, 0.4) is 0 Å². The molecule has 5 atom stereocenters. The van der Waals surface area contributed by atoms with Crippen molar-refractivity contribution in [3.05, 3.63) is 0 Å². The van der Waals surface area contributed by atoms with Gasteiger partial charge in [-0.25, -0.2) is 4.79 Å². The van der Waals surface area contributed by atoms with Crippen LogP contribution in [0.1, 0.15) is 65.2 Å². The molecule has 36 heavy (non-hydrogen) atoms. The molecule has 0 aromatic rings. The maximum atomic E-state index is 13.2. The minimum absolute atomic E-state index is 0.0920. The molecule has 0 saturated carbocycles. The summed E-state index contributed by atoms with van der Waals surface area (Å²) in [5.74, 6) is -2.96. The number of carboxylic acid groups (broad SMARTS) is 1. The van der Waals surface area contributed by atoms with Crippen molar-refractivity contribution in [2.75, 3.05) is 19.6 Å². The van der Waals surface area contributed by atoms with E-state index in [4.69, 9.17) is 22.9 Å². The maximum absolute atomic E-state index is 13.2. The minimum atomic E-state index is -1.15. The Morgan fingerprint density at radius 3 is 2.39 bits per heavy atom. The predicted octanol–water partition coefficient (Wildman–Crippen LogP) is -1.41. The summed E-state index contributed by atoms with van der Waals surface area (Å²) in [6.07, 6.45) is 4.13. The van der Waals surface area contributed by atoms with Gasteiger partial charge in [0, 0.05) is 13.1 Å². The molecule has 13 heteroatoms. The molecule has 0 radical (unpaired) electrons. The molecule has 3 amide bonds. The molecule has 13 nitrogen and oxygen atoms in total. The lowest BCUT2D eigenvalue weighted by atomic mass is 9.98. The molecule has 206 valence electrons. The van der Waals surface area contributed by atoms with Crippen LogP contribution in [0.25, 0.3) is 0 Å². The van der Waals surface area contributed by atoms with E-state index in [1.54, 1.807) is 6.92 Å². The second-order valence-electron chi connectivity index (χ2n) is 9.30. The number of nitrogens with one attached hydrogen (secondary N) is 2. The highest BCUT2D eigenvalue weighted by atomic mass is 16.4. The third-order valence-corrected chi connectivity index (χ3v) is 6.48. The van der Waals surface area contributed by atoms with E-state index in [2.05, 4.69) is 15.6 Å². The number of aliphatic carboxylic acids is 1. The average Bonchev–Trinajstić information content (AvgIpc) is 3.33. The summed E-state index contributed by atoms with van der Waals surface area (Å²) in [4.78, 5) is 56.2. The van der Waals surface area contributed by atoms with E-state index in [0.717, 1.165) is 6.42 Å². The molecule has 11 N–H and O–H groups in total. The van der Waals surface area contributed by atoms with Gasteiger partial charge in [-0.05, 0) is 51.0 Å². The molecular weight excluding hydrogens is 468 g/mol. The molecule has 1 heterocycles. The number of guanidine groups is 1. The van der Waals surface area contributed by atoms with Gasteiger partial charge in [0.2, 0.25) is 17.7 Å². The van der Waals surface area contributed by atoms with Crippen LogP contribution in [0.2, 0.25) is 0 Å². The molecule has 1 saturated heterocycles. The number of amides is 3. The number of carbonyl (C=O) groups is 4. The van der Waals surface area contributed by atoms with Crippen LogP contribution < -0.4 is 33.6 Å². The number of likely N-dealkylation sites (tertiary alicyclic amines) is 1. The summed E-state index contributed by atoms with van der Waals surface area (Å²) in [7, 11) is 0. The van der Waals surface area contributed by atoms with Crippen molar-refractivity contribution in [2.24, 2.45) is 33.8 Å². The summed E-state index contributed by atoms with van der Waals surface area (Å²) in [6, 6.07) is -3.60. The van der Waals surface area contributed by atoms with Crippen LogP contribution in [-0.4, -0.2) is 83.5 Å². The topological polar surface area (TPSA) is 232 Å². The average molecular weight is 513 g/mol. The van der Waals surface area contributed by atoms with Gasteiger partial charge in [-0.1, -0.05) is 26.7 Å². The maximum Gasteiger partial charge on any atom is 0.326 e. The third-order valence-electron chi connectivity index (χ3n) is 6.48. The molecule has 1 aliphatic heterocycles. The van der Waals surface area contributed by atoms with Gasteiger partial charge in [-0.15, -0.1) is 0 Å². The Kier molecular flexibility index (Phi) is 13.8. The largest absolute Gasteiger partial charge is 0.480 e. The number of nitrogens with two attached hydrogens (primary N) is 4. The van der Waals surface area contributed by atoms with Crippen molar-refractivity contribution in [2.45, 2.75) is 89.4 Å². The predicted molar refractivity (Wildman–Crippen MR) is 136 cm³/mol. The van der Waals surface area contributed by atoms with Gasteiger partial charge in [0.25, 0.3) is 0 Å². The fourth-order valence-electron chi connectivity index (χ4n) is 4.13. The number of rotatable bonds is 16. The van der Waals surface area contributed by atoms with E-state index < -0.39 is 42.0 Å². The first-order valence-corrected chi connectivity index (χ1v) is 12.7. The lowest BCUT2D eigenvalue weighted by molar-refractivity contribution is -0.144. The van der Waals surface area contributed by atoms with Gasteiger partial charge in [-0.2, -0.15) is 0 Å². The zero-order valence-electron chi connectivity index (χ0n) is 21.4. The second kappa shape index (κ2) is 15.9. The van der Waals surface area contributed by atoms with Crippen molar-refractivity contribution < 1.29 is 24.3 Å². The zero-order chi connectivity index (χ0) is 27.3. The first-order valence-electron chi connectivity index (χ1n) is 12.7. The van der Waals surface area contributed by atoms with Crippen LogP contribution in [0, 0.1) is 5.92 Å². The standard InChI is InChI=1S/C23H44N8O5/c1-3-14(2)18(22(35)36)30-19(32)16(9-6-12-28-23(26)27)29-20(33)17-10-7-13-31(17)21(34)15(25)8-4-5-11-24/h14-18H,3-13,24-25H2,1-2H3,(H,29,33)(H,30,32)(H,35,36)(H4,26,27,28). The lowest BCUT2D eigenvalue weighted by Crippen LogP contribution is -2.57. The normalized spacial score (nSPS) is 18.6. The van der Waals surface area contributed by atoms with E-state index in [0.29, 0.717) is 51.6 Å². The van der Waals surface area contributed by atoms with E-state index in [1.165, 1.54) is 4.90 Å². The minimum Gasteiger partial charge on any atom is -0.480 e. The van der Waals surface area contributed by atoms with Crippen molar-refractivity contribution in [1.82, 2.24) is 15.5 Å². The van der Waals surface area contributed by atoms with Gasteiger partial charge in [-0.3, -0.25) is 19.4 Å². The lowest BCUT2D eigenvalue weighted by Gasteiger charge is -2.29. The Morgan fingerprint density at radius 1 is 1.11 bits per heavy atom. The summed E-state index contributed by atoms with van der Waals surface area (Å²) >= 11 is 0. The van der Waals surface area contributed by atoms with Gasteiger partial charge >= 0.3 is 5.97 Å². The molecule has 0 bridgehead atoms. The Morgan fingerprint density at radius 2 is 1.81 bits per heavy atom. The molecule has 1 aliphatic rings. The first kappa shape index (κ1) is 31.1. The van der Waals surface area contributed by atoms with E-state index in [9.17, 15) is 24.3 Å². The SMILES string of the molecule is CCC(C)C(NC(=O)C(CCCN=C(N)N)NC(=O)C1CCCN1C(=O)C(N)CCCCN)C(=O)O. The Labute approximate surface area is 212 Å². The third kappa shape index (κ3) is 9.97. The molecule has 0 spiro atoms. The molecule has 0 aromatic heterocycles. The van der Waals surface area contributed by atoms with Crippen LogP contribution in [0.4, 0.5) is 0 Å². The van der Waals surface area contributed by atoms with Crippen LogP contribution >= 0.6 is 0 Å². The van der Waals surface area contributed by atoms with Gasteiger partial charge in [0.15, 0.2) is 5.96 Å². The number of aliphatic imine (C=N–C) groups is 1. The fraction of sp³-hybridized carbons (Fsp3) is 0.783.